The zero-order valence-corrected chi connectivity index (χ0v) is 13.9. The summed E-state index contributed by atoms with van der Waals surface area (Å²) in [4.78, 5) is 0. The van der Waals surface area contributed by atoms with E-state index in [9.17, 15) is 0 Å². The molecule has 0 N–H and O–H groups in total. The Balaban J connectivity index is 2.18. The van der Waals surface area contributed by atoms with Gasteiger partial charge in [-0.3, -0.25) is 0 Å². The number of fused-ring (bicyclic) bond motifs is 1. The van der Waals surface area contributed by atoms with Gasteiger partial charge in [-0.05, 0) is 37.5 Å². The van der Waals surface area contributed by atoms with Crippen LogP contribution in [0.1, 0.15) is 19.3 Å². The lowest BCUT2D eigenvalue weighted by atomic mass is 9.88. The Morgan fingerprint density at radius 1 is 1.24 bits per heavy atom. The molecule has 0 bridgehead atoms. The van der Waals surface area contributed by atoms with Crippen LogP contribution in [-0.2, 0) is 5.54 Å². The molecule has 1 heterocycles. The van der Waals surface area contributed by atoms with E-state index in [4.69, 9.17) is 0 Å². The lowest BCUT2D eigenvalue weighted by Crippen LogP contribution is -2.33. The van der Waals surface area contributed by atoms with Crippen molar-refractivity contribution in [3.8, 4) is 11.5 Å². The minimum atomic E-state index is -1.42. The number of aromatic nitrogens is 3. The second kappa shape index (κ2) is 5.16. The van der Waals surface area contributed by atoms with Crippen molar-refractivity contribution in [2.45, 2.75) is 44.4 Å². The van der Waals surface area contributed by atoms with Crippen LogP contribution in [0.15, 0.2) is 36.4 Å². The Kier molecular flexibility index (Phi) is 3.46. The Bertz CT molecular complexity index is 742. The zero-order valence-electron chi connectivity index (χ0n) is 12.9. The van der Waals surface area contributed by atoms with Crippen LogP contribution in [0.4, 0.5) is 0 Å². The third kappa shape index (κ3) is 2.79. The smallest absolute Gasteiger partial charge is 0.143 e. The Labute approximate surface area is 127 Å². The standard InChI is InChI=1S/C17H21N3Si/c1-21(2,3)14-13-17(11-7-4-8-12-17)20-16-10-6-5-9-15(16)18-19-20/h5-7,9-11H,4,8,12H2,1-3H3. The van der Waals surface area contributed by atoms with E-state index in [2.05, 4.69) is 59.6 Å². The van der Waals surface area contributed by atoms with Crippen LogP contribution in [0.2, 0.25) is 19.6 Å². The first-order valence-corrected chi connectivity index (χ1v) is 11.0. The van der Waals surface area contributed by atoms with Crippen LogP contribution in [0.5, 0.6) is 0 Å². The minimum absolute atomic E-state index is 0.325. The van der Waals surface area contributed by atoms with Crippen molar-refractivity contribution in [2.24, 2.45) is 0 Å². The largest absolute Gasteiger partial charge is 0.223 e. The highest BCUT2D eigenvalue weighted by Gasteiger charge is 2.31. The van der Waals surface area contributed by atoms with E-state index in [1.807, 2.05) is 22.9 Å². The van der Waals surface area contributed by atoms with E-state index in [1.54, 1.807) is 0 Å². The SMILES string of the molecule is C[Si](C)(C)C#CC1(n2nnc3ccccc32)C=CCCC1. The summed E-state index contributed by atoms with van der Waals surface area (Å²) in [7, 11) is -1.42. The van der Waals surface area contributed by atoms with Crippen LogP contribution in [0.25, 0.3) is 11.0 Å². The average Bonchev–Trinajstić information content (AvgIpc) is 2.90. The van der Waals surface area contributed by atoms with Gasteiger partial charge in [-0.2, -0.15) is 0 Å². The molecule has 3 nitrogen and oxygen atoms in total. The number of hydrogen-bond acceptors (Lipinski definition) is 2. The summed E-state index contributed by atoms with van der Waals surface area (Å²) >= 11 is 0. The van der Waals surface area contributed by atoms with Gasteiger partial charge in [0.25, 0.3) is 0 Å². The Hall–Kier alpha value is -1.86. The molecule has 108 valence electrons. The fourth-order valence-electron chi connectivity index (χ4n) is 2.64. The minimum Gasteiger partial charge on any atom is -0.223 e. The number of rotatable bonds is 1. The molecule has 1 unspecified atom stereocenters. The molecule has 1 aliphatic carbocycles. The zero-order chi connectivity index (χ0) is 14.9. The van der Waals surface area contributed by atoms with Crippen molar-refractivity contribution in [1.82, 2.24) is 15.0 Å². The van der Waals surface area contributed by atoms with E-state index in [0.29, 0.717) is 0 Å². The molecule has 4 heteroatoms. The molecule has 0 spiro atoms. The molecule has 21 heavy (non-hydrogen) atoms. The van der Waals surface area contributed by atoms with Crippen LogP contribution in [-0.4, -0.2) is 23.1 Å². The van der Waals surface area contributed by atoms with Gasteiger partial charge in [0.2, 0.25) is 0 Å². The van der Waals surface area contributed by atoms with Crippen molar-refractivity contribution in [3.05, 3.63) is 36.4 Å². The van der Waals surface area contributed by atoms with Gasteiger partial charge >= 0.3 is 0 Å². The molecule has 1 aromatic heterocycles. The van der Waals surface area contributed by atoms with E-state index in [0.717, 1.165) is 30.3 Å². The molecule has 0 saturated carbocycles. The van der Waals surface area contributed by atoms with Crippen molar-refractivity contribution >= 4 is 19.1 Å². The summed E-state index contributed by atoms with van der Waals surface area (Å²) in [6, 6.07) is 8.12. The Morgan fingerprint density at radius 2 is 2.05 bits per heavy atom. The summed E-state index contributed by atoms with van der Waals surface area (Å²) in [5.74, 6) is 3.55. The van der Waals surface area contributed by atoms with Gasteiger partial charge in [0.1, 0.15) is 19.1 Å². The highest BCUT2D eigenvalue weighted by Crippen LogP contribution is 2.31. The number of allylic oxidation sites excluding steroid dienone is 2. The molecule has 3 rings (SSSR count). The van der Waals surface area contributed by atoms with Crippen molar-refractivity contribution in [3.63, 3.8) is 0 Å². The first-order valence-electron chi connectivity index (χ1n) is 7.53. The van der Waals surface area contributed by atoms with Crippen molar-refractivity contribution in [2.75, 3.05) is 0 Å². The topological polar surface area (TPSA) is 30.7 Å². The average molecular weight is 295 g/mol. The highest BCUT2D eigenvalue weighted by atomic mass is 28.3. The summed E-state index contributed by atoms with van der Waals surface area (Å²) in [6.45, 7) is 6.83. The predicted molar refractivity (Wildman–Crippen MR) is 89.6 cm³/mol. The molecule has 1 aromatic carbocycles. The maximum Gasteiger partial charge on any atom is 0.143 e. The third-order valence-electron chi connectivity index (χ3n) is 3.71. The van der Waals surface area contributed by atoms with Gasteiger partial charge in [-0.15, -0.1) is 10.6 Å². The molecule has 0 fully saturated rings. The fraction of sp³-hybridized carbons (Fsp3) is 0.412. The van der Waals surface area contributed by atoms with Gasteiger partial charge in [0.15, 0.2) is 0 Å². The number of benzene rings is 1. The van der Waals surface area contributed by atoms with Crippen LogP contribution < -0.4 is 0 Å². The maximum atomic E-state index is 4.42. The second-order valence-electron chi connectivity index (χ2n) is 6.71. The summed E-state index contributed by atoms with van der Waals surface area (Å²) in [5.41, 5.74) is 5.21. The molecule has 0 radical (unpaired) electrons. The molecule has 2 aromatic rings. The van der Waals surface area contributed by atoms with Gasteiger partial charge in [0, 0.05) is 0 Å². The predicted octanol–water partition coefficient (Wildman–Crippen LogP) is 3.75. The molecule has 0 aliphatic heterocycles. The number of nitrogens with zero attached hydrogens (tertiary/aromatic N) is 3. The summed E-state index contributed by atoms with van der Waals surface area (Å²) < 4.78 is 2.02. The maximum absolute atomic E-state index is 4.42. The molecule has 1 aliphatic rings. The quantitative estimate of drug-likeness (QED) is 0.456. The van der Waals surface area contributed by atoms with Gasteiger partial charge < -0.3 is 0 Å². The molecular weight excluding hydrogens is 274 g/mol. The first kappa shape index (κ1) is 14.1. The highest BCUT2D eigenvalue weighted by molar-refractivity contribution is 6.83. The first-order chi connectivity index (χ1) is 10.0. The summed E-state index contributed by atoms with van der Waals surface area (Å²) in [5, 5.41) is 8.73. The second-order valence-corrected chi connectivity index (χ2v) is 11.5. The van der Waals surface area contributed by atoms with Crippen LogP contribution >= 0.6 is 0 Å². The van der Waals surface area contributed by atoms with E-state index in [-0.39, 0.29) is 5.54 Å². The molecule has 0 saturated heterocycles. The monoisotopic (exact) mass is 295 g/mol. The lowest BCUT2D eigenvalue weighted by molar-refractivity contribution is 0.383. The fourth-order valence-corrected chi connectivity index (χ4v) is 3.24. The van der Waals surface area contributed by atoms with Gasteiger partial charge in [-0.1, -0.05) is 49.0 Å². The molecular formula is C17H21N3Si. The lowest BCUT2D eigenvalue weighted by Gasteiger charge is -2.29. The normalized spacial score (nSPS) is 22.0. The summed E-state index contributed by atoms with van der Waals surface area (Å²) in [6.07, 6.45) is 7.74. The Morgan fingerprint density at radius 3 is 2.76 bits per heavy atom. The van der Waals surface area contributed by atoms with Crippen LogP contribution in [0.3, 0.4) is 0 Å². The molecule has 0 amide bonds. The van der Waals surface area contributed by atoms with Crippen molar-refractivity contribution in [1.29, 1.82) is 0 Å². The van der Waals surface area contributed by atoms with E-state index in [1.165, 1.54) is 0 Å². The van der Waals surface area contributed by atoms with E-state index < -0.39 is 8.07 Å². The van der Waals surface area contributed by atoms with Crippen LogP contribution in [0, 0.1) is 11.5 Å². The van der Waals surface area contributed by atoms with Gasteiger partial charge in [0.05, 0.1) is 5.52 Å². The number of hydrogen-bond donors (Lipinski definition) is 0. The van der Waals surface area contributed by atoms with Crippen molar-refractivity contribution < 1.29 is 0 Å². The third-order valence-corrected chi connectivity index (χ3v) is 4.58. The number of para-hydroxylation sites is 1. The van der Waals surface area contributed by atoms with E-state index >= 15 is 0 Å². The van der Waals surface area contributed by atoms with Gasteiger partial charge in [-0.25, -0.2) is 4.68 Å². The molecule has 1 atom stereocenters.